The molecule has 0 saturated carbocycles. The summed E-state index contributed by atoms with van der Waals surface area (Å²) < 4.78 is 0. The third-order valence-corrected chi connectivity index (χ3v) is 2.89. The highest BCUT2D eigenvalue weighted by Crippen LogP contribution is 2.24. The molecule has 0 saturated heterocycles. The average molecular weight is 251 g/mol. The summed E-state index contributed by atoms with van der Waals surface area (Å²) in [5.74, 6) is -0.424. The van der Waals surface area contributed by atoms with Crippen LogP contribution in [0.4, 0.5) is 0 Å². The molecule has 0 spiro atoms. The number of rotatable bonds is 4. The highest BCUT2D eigenvalue weighted by Gasteiger charge is 2.12. The van der Waals surface area contributed by atoms with Gasteiger partial charge in [-0.3, -0.25) is 9.89 Å². The van der Waals surface area contributed by atoms with E-state index in [1.165, 1.54) is 30.2 Å². The van der Waals surface area contributed by atoms with Gasteiger partial charge in [-0.2, -0.15) is 5.10 Å². The minimum atomic E-state index is -0.246. The topological polar surface area (TPSA) is 99.1 Å². The van der Waals surface area contributed by atoms with Gasteiger partial charge < -0.3 is 10.2 Å². The van der Waals surface area contributed by atoms with Crippen LogP contribution < -0.4 is 0 Å². The average Bonchev–Trinajstić information content (AvgIpc) is 2.78. The molecule has 0 aliphatic heterocycles. The molecule has 0 aliphatic carbocycles. The number of aromatic hydroxyl groups is 2. The van der Waals surface area contributed by atoms with Gasteiger partial charge in [0.05, 0.1) is 11.3 Å². The second kappa shape index (κ2) is 4.88. The van der Waals surface area contributed by atoms with E-state index in [1.807, 2.05) is 0 Å². The van der Waals surface area contributed by atoms with Crippen molar-refractivity contribution in [1.29, 1.82) is 0 Å². The predicted molar refractivity (Wildman–Crippen MR) is 61.2 cm³/mol. The number of hydrogen-bond donors (Lipinski definition) is 3. The number of Topliss-reactive ketones (excluding diaryl/α,β-unsaturated/α-hetero) is 1. The van der Waals surface area contributed by atoms with E-state index >= 15 is 0 Å². The van der Waals surface area contributed by atoms with Crippen LogP contribution in [0.2, 0.25) is 0 Å². The SMILES string of the molecule is O=C(CSc1ncn[nH]1)c1ccc(O)cc1O. The number of nitrogens with one attached hydrogen (secondary N) is 1. The maximum absolute atomic E-state index is 11.7. The molecule has 0 bridgehead atoms. The Morgan fingerprint density at radius 3 is 2.88 bits per heavy atom. The quantitative estimate of drug-likeness (QED) is 0.557. The summed E-state index contributed by atoms with van der Waals surface area (Å²) in [4.78, 5) is 15.6. The Morgan fingerprint density at radius 1 is 1.41 bits per heavy atom. The Morgan fingerprint density at radius 2 is 2.24 bits per heavy atom. The van der Waals surface area contributed by atoms with Crippen molar-refractivity contribution in [2.45, 2.75) is 5.16 Å². The van der Waals surface area contributed by atoms with Gasteiger partial charge in [0.25, 0.3) is 0 Å². The molecule has 0 atom stereocenters. The summed E-state index contributed by atoms with van der Waals surface area (Å²) in [7, 11) is 0. The van der Waals surface area contributed by atoms with Gasteiger partial charge in [-0.15, -0.1) is 0 Å². The van der Waals surface area contributed by atoms with Crippen molar-refractivity contribution in [1.82, 2.24) is 15.2 Å². The summed E-state index contributed by atoms with van der Waals surface area (Å²) in [6.45, 7) is 0. The summed E-state index contributed by atoms with van der Waals surface area (Å²) in [6, 6.07) is 3.87. The lowest BCUT2D eigenvalue weighted by Crippen LogP contribution is -2.02. The Balaban J connectivity index is 2.04. The molecule has 88 valence electrons. The molecule has 1 aromatic heterocycles. The van der Waals surface area contributed by atoms with Crippen molar-refractivity contribution >= 4 is 17.5 Å². The number of hydrogen-bond acceptors (Lipinski definition) is 6. The number of carbonyl (C=O) groups excluding carboxylic acids is 1. The van der Waals surface area contributed by atoms with Crippen molar-refractivity contribution in [3.63, 3.8) is 0 Å². The van der Waals surface area contributed by atoms with Crippen LogP contribution in [0.15, 0.2) is 29.7 Å². The fourth-order valence-corrected chi connectivity index (χ4v) is 1.89. The van der Waals surface area contributed by atoms with Crippen LogP contribution in [0.3, 0.4) is 0 Å². The number of phenolic OH excluding ortho intramolecular Hbond substituents is 2. The van der Waals surface area contributed by atoms with Crippen LogP contribution in [0.1, 0.15) is 10.4 Å². The van der Waals surface area contributed by atoms with Crippen LogP contribution in [-0.2, 0) is 0 Å². The first-order valence-corrected chi connectivity index (χ1v) is 5.68. The van der Waals surface area contributed by atoms with Gasteiger partial charge in [-0.05, 0) is 12.1 Å². The third-order valence-electron chi connectivity index (χ3n) is 2.01. The van der Waals surface area contributed by atoms with E-state index in [1.54, 1.807) is 0 Å². The van der Waals surface area contributed by atoms with E-state index in [9.17, 15) is 9.90 Å². The lowest BCUT2D eigenvalue weighted by atomic mass is 10.1. The lowest BCUT2D eigenvalue weighted by molar-refractivity contribution is 0.102. The fourth-order valence-electron chi connectivity index (χ4n) is 1.23. The second-order valence-corrected chi connectivity index (χ2v) is 4.17. The van der Waals surface area contributed by atoms with Crippen LogP contribution in [0.5, 0.6) is 11.5 Å². The van der Waals surface area contributed by atoms with Gasteiger partial charge in [0.2, 0.25) is 0 Å². The maximum atomic E-state index is 11.7. The number of thioether (sulfide) groups is 1. The van der Waals surface area contributed by atoms with Crippen molar-refractivity contribution in [3.05, 3.63) is 30.1 Å². The zero-order valence-corrected chi connectivity index (χ0v) is 9.44. The molecule has 2 rings (SSSR count). The molecular weight excluding hydrogens is 242 g/mol. The molecule has 0 amide bonds. The van der Waals surface area contributed by atoms with Crippen molar-refractivity contribution < 1.29 is 15.0 Å². The smallest absolute Gasteiger partial charge is 0.183 e. The Bertz CT molecular complexity index is 528. The first-order chi connectivity index (χ1) is 8.16. The minimum absolute atomic E-state index is 0.0815. The lowest BCUT2D eigenvalue weighted by Gasteiger charge is -2.03. The van der Waals surface area contributed by atoms with E-state index in [2.05, 4.69) is 15.2 Å². The van der Waals surface area contributed by atoms with Gasteiger partial charge >= 0.3 is 0 Å². The molecule has 17 heavy (non-hydrogen) atoms. The number of benzene rings is 1. The first-order valence-electron chi connectivity index (χ1n) is 4.70. The monoisotopic (exact) mass is 251 g/mol. The molecule has 3 N–H and O–H groups in total. The molecule has 1 aromatic carbocycles. The van der Waals surface area contributed by atoms with E-state index in [-0.39, 0.29) is 28.6 Å². The number of aromatic nitrogens is 3. The van der Waals surface area contributed by atoms with Crippen LogP contribution in [0.25, 0.3) is 0 Å². The zero-order valence-electron chi connectivity index (χ0n) is 8.62. The first kappa shape index (κ1) is 11.5. The van der Waals surface area contributed by atoms with E-state index in [0.29, 0.717) is 5.16 Å². The number of H-pyrrole nitrogens is 1. The van der Waals surface area contributed by atoms with Crippen LogP contribution in [-0.4, -0.2) is 36.9 Å². The second-order valence-electron chi connectivity index (χ2n) is 3.20. The molecule has 2 aromatic rings. The van der Waals surface area contributed by atoms with Crippen molar-refractivity contribution in [2.75, 3.05) is 5.75 Å². The summed E-state index contributed by atoms with van der Waals surface area (Å²) in [5.41, 5.74) is 0.176. The number of phenols is 2. The van der Waals surface area contributed by atoms with Gasteiger partial charge in [-0.25, -0.2) is 4.98 Å². The largest absolute Gasteiger partial charge is 0.508 e. The summed E-state index contributed by atoms with van der Waals surface area (Å²) in [6.07, 6.45) is 1.35. The molecule has 0 fully saturated rings. The molecule has 1 heterocycles. The molecule has 0 unspecified atom stereocenters. The molecular formula is C10H9N3O3S. The standard InChI is InChI=1S/C10H9N3O3S/c14-6-1-2-7(8(15)3-6)9(16)4-17-10-11-5-12-13-10/h1-3,5,14-15H,4H2,(H,11,12,13). The van der Waals surface area contributed by atoms with Crippen molar-refractivity contribution in [2.24, 2.45) is 0 Å². The highest BCUT2D eigenvalue weighted by atomic mass is 32.2. The predicted octanol–water partition coefficient (Wildman–Crippen LogP) is 1.19. The van der Waals surface area contributed by atoms with Gasteiger partial charge in [0, 0.05) is 6.07 Å². The Hall–Kier alpha value is -2.02. The number of ketones is 1. The fraction of sp³-hybridized carbons (Fsp3) is 0.100. The number of aromatic amines is 1. The Kier molecular flexibility index (Phi) is 3.29. The molecule has 0 aliphatic rings. The van der Waals surface area contributed by atoms with E-state index < -0.39 is 0 Å². The third kappa shape index (κ3) is 2.76. The van der Waals surface area contributed by atoms with E-state index in [0.717, 1.165) is 6.07 Å². The summed E-state index contributed by atoms with van der Waals surface area (Å²) >= 11 is 1.19. The van der Waals surface area contributed by atoms with Crippen molar-refractivity contribution in [3.8, 4) is 11.5 Å². The van der Waals surface area contributed by atoms with Gasteiger partial charge in [0.15, 0.2) is 10.9 Å². The Labute approximate surface area is 101 Å². The van der Waals surface area contributed by atoms with Gasteiger partial charge in [-0.1, -0.05) is 11.8 Å². The molecule has 0 radical (unpaired) electrons. The van der Waals surface area contributed by atoms with Gasteiger partial charge in [0.1, 0.15) is 17.8 Å². The molecule has 6 nitrogen and oxygen atoms in total. The maximum Gasteiger partial charge on any atom is 0.183 e. The zero-order chi connectivity index (χ0) is 12.3. The molecule has 7 heteroatoms. The van der Waals surface area contributed by atoms with Crippen LogP contribution >= 0.6 is 11.8 Å². The number of carbonyl (C=O) groups is 1. The highest BCUT2D eigenvalue weighted by molar-refractivity contribution is 7.99. The van der Waals surface area contributed by atoms with Crippen LogP contribution in [0, 0.1) is 0 Å². The van der Waals surface area contributed by atoms with E-state index in [4.69, 9.17) is 5.11 Å². The summed E-state index contributed by atoms with van der Waals surface area (Å²) in [5, 5.41) is 25.4. The minimum Gasteiger partial charge on any atom is -0.508 e. The number of nitrogens with zero attached hydrogens (tertiary/aromatic N) is 2. The normalized spacial score (nSPS) is 10.4.